The zero-order valence-corrected chi connectivity index (χ0v) is 22.1. The van der Waals surface area contributed by atoms with Crippen LogP contribution in [-0.4, -0.2) is 19.9 Å². The van der Waals surface area contributed by atoms with Crippen molar-refractivity contribution in [3.63, 3.8) is 0 Å². The Morgan fingerprint density at radius 3 is 2.58 bits per heavy atom. The number of Topliss-reactive ketones (excluding diaryl/α,β-unsaturated/α-hetero) is 1. The number of hydrogen-bond acceptors (Lipinski definition) is 5. The van der Waals surface area contributed by atoms with Gasteiger partial charge in [-0.25, -0.2) is 9.18 Å². The normalized spacial score (nSPS) is 11.1. The summed E-state index contributed by atoms with van der Waals surface area (Å²) in [6.45, 7) is 3.35. The molecule has 0 aliphatic carbocycles. The maximum absolute atomic E-state index is 14.6. The maximum atomic E-state index is 14.6. The Labute approximate surface area is 218 Å². The average molecular weight is 602 g/mol. The maximum Gasteiger partial charge on any atom is 0.333 e. The lowest BCUT2D eigenvalue weighted by Gasteiger charge is -2.19. The number of fused-ring (bicyclic) bond motifs is 1. The summed E-state index contributed by atoms with van der Waals surface area (Å²) in [4.78, 5) is 53.4. The van der Waals surface area contributed by atoms with Gasteiger partial charge in [0.2, 0.25) is 0 Å². The highest BCUT2D eigenvalue weighted by atomic mass is 127. The van der Waals surface area contributed by atoms with Gasteiger partial charge in [0.1, 0.15) is 22.8 Å². The summed E-state index contributed by atoms with van der Waals surface area (Å²) in [5.41, 5.74) is -0.195. The molecule has 0 aliphatic rings. The van der Waals surface area contributed by atoms with Crippen molar-refractivity contribution >= 4 is 50.8 Å². The zero-order valence-electron chi connectivity index (χ0n) is 19.9. The van der Waals surface area contributed by atoms with Crippen molar-refractivity contribution in [2.75, 3.05) is 5.32 Å². The topological polar surface area (TPSA) is 106 Å². The molecule has 0 aliphatic heterocycles. The number of halogens is 2. The molecule has 2 N–H and O–H groups in total. The summed E-state index contributed by atoms with van der Waals surface area (Å²) in [6.07, 6.45) is 1.32. The molecule has 0 bridgehead atoms. The van der Waals surface area contributed by atoms with Crippen molar-refractivity contribution in [3.8, 4) is 5.69 Å². The molecule has 0 amide bonds. The lowest BCUT2D eigenvalue weighted by Crippen LogP contribution is -2.34. The predicted molar refractivity (Wildman–Crippen MR) is 146 cm³/mol. The SMILES string of the molecule is CCC(=O)CCc1cccc(-n2c(=O)[nH]c(=O)c3c(Nc4ccc(I)cc4F)n(C)c(=O)c(C)c32)c1. The van der Waals surface area contributed by atoms with E-state index in [0.29, 0.717) is 28.5 Å². The lowest BCUT2D eigenvalue weighted by molar-refractivity contribution is -0.118. The number of hydrogen-bond donors (Lipinski definition) is 2. The van der Waals surface area contributed by atoms with E-state index in [1.807, 2.05) is 35.6 Å². The van der Waals surface area contributed by atoms with E-state index in [2.05, 4.69) is 10.3 Å². The summed E-state index contributed by atoms with van der Waals surface area (Å²) in [5.74, 6) is -0.368. The lowest BCUT2D eigenvalue weighted by atomic mass is 10.1. The summed E-state index contributed by atoms with van der Waals surface area (Å²) >= 11 is 1.98. The van der Waals surface area contributed by atoms with E-state index in [1.165, 1.54) is 28.3 Å². The fourth-order valence-electron chi connectivity index (χ4n) is 4.16. The number of benzene rings is 2. The van der Waals surface area contributed by atoms with Crippen LogP contribution in [0, 0.1) is 16.3 Å². The van der Waals surface area contributed by atoms with Gasteiger partial charge in [-0.3, -0.25) is 28.5 Å². The van der Waals surface area contributed by atoms with E-state index in [0.717, 1.165) is 5.56 Å². The summed E-state index contributed by atoms with van der Waals surface area (Å²) in [6, 6.07) is 11.6. The smallest absolute Gasteiger partial charge is 0.333 e. The fourth-order valence-corrected chi connectivity index (χ4v) is 4.61. The van der Waals surface area contributed by atoms with Crippen LogP contribution in [0.15, 0.2) is 56.8 Å². The van der Waals surface area contributed by atoms with Crippen LogP contribution in [-0.2, 0) is 18.3 Å². The predicted octanol–water partition coefficient (Wildman–Crippen LogP) is 4.09. The van der Waals surface area contributed by atoms with Crippen LogP contribution in [0.2, 0.25) is 0 Å². The Balaban J connectivity index is 1.98. The molecule has 2 aromatic carbocycles. The number of nitrogens with zero attached hydrogens (tertiary/aromatic N) is 2. The van der Waals surface area contributed by atoms with Gasteiger partial charge in [-0.1, -0.05) is 19.1 Å². The molecular weight excluding hydrogens is 578 g/mol. The molecule has 0 unspecified atom stereocenters. The Morgan fingerprint density at radius 2 is 1.89 bits per heavy atom. The molecule has 2 aromatic heterocycles. The van der Waals surface area contributed by atoms with Crippen LogP contribution in [0.1, 0.15) is 30.9 Å². The van der Waals surface area contributed by atoms with E-state index in [4.69, 9.17) is 0 Å². The van der Waals surface area contributed by atoms with E-state index in [1.54, 1.807) is 31.2 Å². The number of pyridine rings is 1. The summed E-state index contributed by atoms with van der Waals surface area (Å²) in [5, 5.41) is 2.92. The van der Waals surface area contributed by atoms with Crippen LogP contribution < -0.4 is 22.1 Å². The molecule has 4 aromatic rings. The highest BCUT2D eigenvalue weighted by molar-refractivity contribution is 14.1. The van der Waals surface area contributed by atoms with Crippen LogP contribution in [0.25, 0.3) is 16.6 Å². The number of nitrogens with one attached hydrogen (secondary N) is 2. The number of aromatic nitrogens is 3. The molecule has 0 spiro atoms. The molecule has 0 atom stereocenters. The number of carbonyl (C=O) groups excluding carboxylic acids is 1. The third-order valence-electron chi connectivity index (χ3n) is 6.10. The number of carbonyl (C=O) groups is 1. The molecular formula is C26H24FIN4O4. The average Bonchev–Trinajstić information content (AvgIpc) is 2.85. The number of anilines is 2. The molecule has 0 fully saturated rings. The third-order valence-corrected chi connectivity index (χ3v) is 6.77. The van der Waals surface area contributed by atoms with Gasteiger partial charge in [0.15, 0.2) is 0 Å². The van der Waals surface area contributed by atoms with Crippen molar-refractivity contribution in [2.45, 2.75) is 33.1 Å². The fraction of sp³-hybridized carbons (Fsp3) is 0.231. The minimum atomic E-state index is -0.711. The van der Waals surface area contributed by atoms with Gasteiger partial charge in [0.25, 0.3) is 11.1 Å². The molecule has 0 radical (unpaired) electrons. The van der Waals surface area contributed by atoms with Gasteiger partial charge in [-0.2, -0.15) is 0 Å². The number of aryl methyl sites for hydroxylation is 2. The van der Waals surface area contributed by atoms with Crippen LogP contribution in [0.5, 0.6) is 0 Å². The standard InChI is InChI=1S/C26H24FIN4O4/c1-4-18(33)10-8-15-6-5-7-17(12-15)32-22-14(2)25(35)31(3)23(21(22)24(34)30-26(32)36)29-20-11-9-16(28)13-19(20)27/h5-7,9,11-13,29H,4,8,10H2,1-3H3,(H,30,34,36). The van der Waals surface area contributed by atoms with Crippen molar-refractivity contribution < 1.29 is 9.18 Å². The van der Waals surface area contributed by atoms with E-state index < -0.39 is 22.6 Å². The molecule has 0 saturated carbocycles. The van der Waals surface area contributed by atoms with Crippen LogP contribution >= 0.6 is 22.6 Å². The number of ketones is 1. The first-order valence-electron chi connectivity index (χ1n) is 11.3. The zero-order chi connectivity index (χ0) is 26.1. The molecule has 8 nitrogen and oxygen atoms in total. The van der Waals surface area contributed by atoms with Gasteiger partial charge in [0.05, 0.1) is 16.9 Å². The van der Waals surface area contributed by atoms with Gasteiger partial charge in [-0.15, -0.1) is 0 Å². The van der Waals surface area contributed by atoms with Gasteiger partial charge in [-0.05, 0) is 71.8 Å². The van der Waals surface area contributed by atoms with Gasteiger partial charge in [0, 0.05) is 29.0 Å². The quantitative estimate of drug-likeness (QED) is 0.310. The molecule has 10 heteroatoms. The summed E-state index contributed by atoms with van der Waals surface area (Å²) < 4.78 is 17.8. The Bertz CT molecular complexity index is 1690. The first-order valence-corrected chi connectivity index (χ1v) is 12.4. The van der Waals surface area contributed by atoms with Crippen molar-refractivity contribution in [3.05, 3.63) is 94.2 Å². The van der Waals surface area contributed by atoms with Crippen LogP contribution in [0.3, 0.4) is 0 Å². The van der Waals surface area contributed by atoms with Crippen molar-refractivity contribution in [2.24, 2.45) is 7.05 Å². The molecule has 4 rings (SSSR count). The molecule has 36 heavy (non-hydrogen) atoms. The Kier molecular flexibility index (Phi) is 7.25. The second-order valence-corrected chi connectivity index (χ2v) is 9.71. The minimum absolute atomic E-state index is 0.0405. The second kappa shape index (κ2) is 10.2. The van der Waals surface area contributed by atoms with Crippen LogP contribution in [0.4, 0.5) is 15.9 Å². The van der Waals surface area contributed by atoms with Gasteiger partial charge >= 0.3 is 5.69 Å². The van der Waals surface area contributed by atoms with E-state index >= 15 is 0 Å². The number of rotatable bonds is 7. The molecule has 0 saturated heterocycles. The second-order valence-electron chi connectivity index (χ2n) is 8.47. The van der Waals surface area contributed by atoms with E-state index in [9.17, 15) is 23.6 Å². The Hall–Kier alpha value is -3.54. The molecule has 2 heterocycles. The number of H-pyrrole nitrogens is 1. The number of aromatic amines is 1. The highest BCUT2D eigenvalue weighted by Gasteiger charge is 2.21. The largest absolute Gasteiger partial charge is 0.338 e. The van der Waals surface area contributed by atoms with Gasteiger partial charge < -0.3 is 5.32 Å². The van der Waals surface area contributed by atoms with Crippen molar-refractivity contribution in [1.82, 2.24) is 14.1 Å². The highest BCUT2D eigenvalue weighted by Crippen LogP contribution is 2.27. The first kappa shape index (κ1) is 25.5. The van der Waals surface area contributed by atoms with E-state index in [-0.39, 0.29) is 33.8 Å². The third kappa shape index (κ3) is 4.77. The van der Waals surface area contributed by atoms with Crippen molar-refractivity contribution in [1.29, 1.82) is 0 Å². The monoisotopic (exact) mass is 602 g/mol. The first-order chi connectivity index (χ1) is 17.1. The summed E-state index contributed by atoms with van der Waals surface area (Å²) in [7, 11) is 1.47. The molecule has 186 valence electrons. The minimum Gasteiger partial charge on any atom is -0.338 e. The Morgan fingerprint density at radius 1 is 1.14 bits per heavy atom.